The molecule has 0 bridgehead atoms. The number of benzene rings is 2. The third-order valence-electron chi connectivity index (χ3n) is 5.97. The van der Waals surface area contributed by atoms with Gasteiger partial charge >= 0.3 is 0 Å². The minimum atomic E-state index is -0.681. The molecule has 0 unspecified atom stereocenters. The fraction of sp³-hybridized carbons (Fsp3) is 0.440. The van der Waals surface area contributed by atoms with Gasteiger partial charge in [-0.3, -0.25) is 9.59 Å². The summed E-state index contributed by atoms with van der Waals surface area (Å²) in [6, 6.07) is 9.69. The number of hydrogen-bond donors (Lipinski definition) is 1. The lowest BCUT2D eigenvalue weighted by Crippen LogP contribution is -2.52. The molecule has 3 rings (SSSR count). The van der Waals surface area contributed by atoms with Crippen LogP contribution in [0.1, 0.15) is 51.0 Å². The molecule has 1 atom stereocenters. The van der Waals surface area contributed by atoms with Crippen LogP contribution in [-0.2, 0) is 16.1 Å². The maximum Gasteiger partial charge on any atom is 0.261 e. The van der Waals surface area contributed by atoms with Crippen LogP contribution in [0, 0.1) is 0 Å². The van der Waals surface area contributed by atoms with Gasteiger partial charge in [-0.05, 0) is 65.5 Å². The summed E-state index contributed by atoms with van der Waals surface area (Å²) in [5, 5.41) is 4.57. The molecule has 34 heavy (non-hydrogen) atoms. The van der Waals surface area contributed by atoms with E-state index in [-0.39, 0.29) is 31.0 Å². The maximum atomic E-state index is 13.4. The van der Waals surface area contributed by atoms with E-state index < -0.39 is 6.04 Å². The zero-order valence-electron chi connectivity index (χ0n) is 19.0. The lowest BCUT2D eigenvalue weighted by molar-refractivity contribution is -0.143. The zero-order chi connectivity index (χ0) is 24.7. The molecule has 2 aromatic rings. The summed E-state index contributed by atoms with van der Waals surface area (Å²) in [4.78, 5) is 28.2. The van der Waals surface area contributed by atoms with Crippen molar-refractivity contribution in [3.05, 3.63) is 61.5 Å². The average Bonchev–Trinajstić information content (AvgIpc) is 2.80. The molecule has 2 amide bonds. The molecule has 0 heterocycles. The number of nitrogens with one attached hydrogen (secondary N) is 1. The maximum absolute atomic E-state index is 13.4. The Balaban J connectivity index is 1.82. The number of nitrogens with zero attached hydrogens (tertiary/aromatic N) is 1. The van der Waals surface area contributed by atoms with Gasteiger partial charge in [0.2, 0.25) is 5.91 Å². The van der Waals surface area contributed by atoms with Crippen molar-refractivity contribution in [2.24, 2.45) is 0 Å². The molecular weight excluding hydrogens is 563 g/mol. The summed E-state index contributed by atoms with van der Waals surface area (Å²) >= 11 is 22.2. The van der Waals surface area contributed by atoms with Gasteiger partial charge < -0.3 is 15.0 Å². The van der Waals surface area contributed by atoms with E-state index in [0.717, 1.165) is 25.7 Å². The van der Waals surface area contributed by atoms with Gasteiger partial charge in [0.05, 0.1) is 4.47 Å². The Hall–Kier alpha value is -1.47. The van der Waals surface area contributed by atoms with Gasteiger partial charge in [0.1, 0.15) is 11.8 Å². The van der Waals surface area contributed by atoms with Crippen LogP contribution in [0.5, 0.6) is 5.75 Å². The van der Waals surface area contributed by atoms with E-state index in [2.05, 4.69) is 21.2 Å². The SMILES string of the molecule is CC[C@@H](C(=O)NC1CCCCC1)N(Cc1c(Cl)cccc1Cl)C(=O)COc1ccc(Cl)cc1Br. The highest BCUT2D eigenvalue weighted by Crippen LogP contribution is 2.29. The highest BCUT2D eigenvalue weighted by atomic mass is 79.9. The molecule has 184 valence electrons. The number of carbonyl (C=O) groups excluding carboxylic acids is 2. The number of rotatable bonds is 9. The fourth-order valence-corrected chi connectivity index (χ4v) is 5.45. The van der Waals surface area contributed by atoms with Crippen molar-refractivity contribution in [3.63, 3.8) is 0 Å². The first-order chi connectivity index (χ1) is 16.3. The van der Waals surface area contributed by atoms with E-state index in [1.165, 1.54) is 11.3 Å². The Kier molecular flexibility index (Phi) is 10.4. The van der Waals surface area contributed by atoms with Crippen molar-refractivity contribution in [1.29, 1.82) is 0 Å². The number of halogens is 4. The fourth-order valence-electron chi connectivity index (χ4n) is 4.13. The molecule has 0 radical (unpaired) electrons. The van der Waals surface area contributed by atoms with Crippen LogP contribution in [0.3, 0.4) is 0 Å². The van der Waals surface area contributed by atoms with Crippen LogP contribution < -0.4 is 10.1 Å². The predicted molar refractivity (Wildman–Crippen MR) is 141 cm³/mol. The summed E-state index contributed by atoms with van der Waals surface area (Å²) in [5.74, 6) is -0.0322. The van der Waals surface area contributed by atoms with Crippen LogP contribution in [0.4, 0.5) is 0 Å². The largest absolute Gasteiger partial charge is 0.483 e. The molecule has 0 saturated heterocycles. The van der Waals surface area contributed by atoms with Crippen molar-refractivity contribution in [3.8, 4) is 5.75 Å². The topological polar surface area (TPSA) is 58.6 Å². The molecule has 1 aliphatic carbocycles. The van der Waals surface area contributed by atoms with Crippen LogP contribution in [-0.4, -0.2) is 35.4 Å². The highest BCUT2D eigenvalue weighted by molar-refractivity contribution is 9.10. The minimum Gasteiger partial charge on any atom is -0.483 e. The highest BCUT2D eigenvalue weighted by Gasteiger charge is 2.31. The second-order valence-corrected chi connectivity index (χ2v) is 10.5. The number of hydrogen-bond acceptors (Lipinski definition) is 3. The first-order valence-corrected chi connectivity index (χ1v) is 13.3. The Morgan fingerprint density at radius 1 is 1.12 bits per heavy atom. The van der Waals surface area contributed by atoms with Crippen molar-refractivity contribution in [1.82, 2.24) is 10.2 Å². The molecule has 1 saturated carbocycles. The lowest BCUT2D eigenvalue weighted by Gasteiger charge is -2.33. The van der Waals surface area contributed by atoms with Crippen LogP contribution in [0.15, 0.2) is 40.9 Å². The summed E-state index contributed by atoms with van der Waals surface area (Å²) in [7, 11) is 0. The standard InChI is InChI=1S/C25H28BrCl3N2O3/c1-2-22(25(33)30-17-7-4-3-5-8-17)31(14-18-20(28)9-6-10-21(18)29)24(32)15-34-23-12-11-16(27)13-19(23)26/h6,9-13,17,22H,2-5,7-8,14-15H2,1H3,(H,30,33)/t22-/m0/s1. The van der Waals surface area contributed by atoms with E-state index in [0.29, 0.717) is 37.3 Å². The van der Waals surface area contributed by atoms with Gasteiger partial charge in [0, 0.05) is 33.2 Å². The van der Waals surface area contributed by atoms with Crippen molar-refractivity contribution < 1.29 is 14.3 Å². The van der Waals surface area contributed by atoms with Gasteiger partial charge in [-0.2, -0.15) is 0 Å². The summed E-state index contributed by atoms with van der Waals surface area (Å²) in [5.41, 5.74) is 0.593. The zero-order valence-corrected chi connectivity index (χ0v) is 22.8. The Morgan fingerprint density at radius 2 is 1.79 bits per heavy atom. The Morgan fingerprint density at radius 3 is 2.41 bits per heavy atom. The predicted octanol–water partition coefficient (Wildman–Crippen LogP) is 7.04. The Bertz CT molecular complexity index is 995. The molecular formula is C25H28BrCl3N2O3. The van der Waals surface area contributed by atoms with Crippen molar-refractivity contribution in [2.45, 2.75) is 64.1 Å². The molecule has 9 heteroatoms. The molecule has 1 aliphatic rings. The molecule has 0 aromatic heterocycles. The lowest BCUT2D eigenvalue weighted by atomic mass is 9.95. The summed E-state index contributed by atoms with van der Waals surface area (Å²) in [6.07, 6.45) is 5.75. The first-order valence-electron chi connectivity index (χ1n) is 11.4. The number of ether oxygens (including phenoxy) is 1. The quantitative estimate of drug-likeness (QED) is 0.341. The van der Waals surface area contributed by atoms with Crippen molar-refractivity contribution >= 4 is 62.5 Å². The van der Waals surface area contributed by atoms with E-state index in [9.17, 15) is 9.59 Å². The van der Waals surface area contributed by atoms with Gasteiger partial charge in [0.25, 0.3) is 5.91 Å². The van der Waals surface area contributed by atoms with Crippen molar-refractivity contribution in [2.75, 3.05) is 6.61 Å². The smallest absolute Gasteiger partial charge is 0.261 e. The molecule has 1 N–H and O–H groups in total. The summed E-state index contributed by atoms with van der Waals surface area (Å²) < 4.78 is 6.40. The number of carbonyl (C=O) groups is 2. The molecule has 0 spiro atoms. The van der Waals surface area contributed by atoms with E-state index in [4.69, 9.17) is 39.5 Å². The second-order valence-electron chi connectivity index (χ2n) is 8.35. The molecule has 5 nitrogen and oxygen atoms in total. The van der Waals surface area contributed by atoms with E-state index in [1.807, 2.05) is 6.92 Å². The molecule has 1 fully saturated rings. The van der Waals surface area contributed by atoms with Gasteiger partial charge in [-0.15, -0.1) is 0 Å². The van der Waals surface area contributed by atoms with Gasteiger partial charge in [-0.25, -0.2) is 0 Å². The van der Waals surface area contributed by atoms with Crippen LogP contribution in [0.2, 0.25) is 15.1 Å². The molecule has 2 aromatic carbocycles. The molecule has 0 aliphatic heterocycles. The summed E-state index contributed by atoms with van der Waals surface area (Å²) in [6.45, 7) is 1.73. The third-order valence-corrected chi connectivity index (χ3v) is 7.54. The second kappa shape index (κ2) is 13.0. The minimum absolute atomic E-state index is 0.0963. The van der Waals surface area contributed by atoms with Gasteiger partial charge in [0.15, 0.2) is 6.61 Å². The third kappa shape index (κ3) is 7.27. The Labute approximate surface area is 224 Å². The first kappa shape index (κ1) is 27.1. The van der Waals surface area contributed by atoms with Crippen LogP contribution in [0.25, 0.3) is 0 Å². The monoisotopic (exact) mass is 588 g/mol. The number of amides is 2. The van der Waals surface area contributed by atoms with Crippen LogP contribution >= 0.6 is 50.7 Å². The van der Waals surface area contributed by atoms with Gasteiger partial charge in [-0.1, -0.05) is 67.1 Å². The van der Waals surface area contributed by atoms with E-state index >= 15 is 0 Å². The average molecular weight is 591 g/mol. The normalized spacial score (nSPS) is 15.0. The van der Waals surface area contributed by atoms with E-state index in [1.54, 1.807) is 36.4 Å².